The van der Waals surface area contributed by atoms with Gasteiger partial charge in [0, 0.05) is 45.4 Å². The van der Waals surface area contributed by atoms with Crippen molar-refractivity contribution in [2.24, 2.45) is 5.73 Å². The highest BCUT2D eigenvalue weighted by atomic mass is 16.5. The lowest BCUT2D eigenvalue weighted by Gasteiger charge is -2.49. The average Bonchev–Trinajstić information content (AvgIpc) is 3.24. The van der Waals surface area contributed by atoms with Gasteiger partial charge in [-0.3, -0.25) is 9.80 Å². The van der Waals surface area contributed by atoms with Crippen LogP contribution >= 0.6 is 0 Å². The van der Waals surface area contributed by atoms with Crippen molar-refractivity contribution in [2.75, 3.05) is 45.9 Å². The van der Waals surface area contributed by atoms with E-state index in [1.54, 1.807) is 0 Å². The van der Waals surface area contributed by atoms with E-state index >= 15 is 0 Å². The quantitative estimate of drug-likeness (QED) is 0.768. The van der Waals surface area contributed by atoms with Crippen LogP contribution in [0.2, 0.25) is 0 Å². The van der Waals surface area contributed by atoms with Crippen LogP contribution in [-0.2, 0) is 4.74 Å². The van der Waals surface area contributed by atoms with Crippen LogP contribution in [0.4, 0.5) is 0 Å². The van der Waals surface area contributed by atoms with Crippen LogP contribution in [0.1, 0.15) is 25.7 Å². The molecule has 2 N–H and O–H groups in total. The molecular formula is C13H25N3O. The molecule has 2 heterocycles. The molecule has 3 fully saturated rings. The number of hydrogen-bond acceptors (Lipinski definition) is 4. The van der Waals surface area contributed by atoms with Gasteiger partial charge in [0.2, 0.25) is 0 Å². The Morgan fingerprint density at radius 3 is 2.47 bits per heavy atom. The van der Waals surface area contributed by atoms with Crippen LogP contribution in [-0.4, -0.2) is 67.3 Å². The lowest BCUT2D eigenvalue weighted by molar-refractivity contribution is -0.0618. The summed E-state index contributed by atoms with van der Waals surface area (Å²) in [6.07, 6.45) is 5.23. The van der Waals surface area contributed by atoms with Crippen LogP contribution in [0.3, 0.4) is 0 Å². The van der Waals surface area contributed by atoms with E-state index in [0.717, 1.165) is 25.8 Å². The molecule has 4 nitrogen and oxygen atoms in total. The summed E-state index contributed by atoms with van der Waals surface area (Å²) >= 11 is 0. The zero-order chi connectivity index (χ0) is 11.7. The molecule has 0 amide bonds. The minimum atomic E-state index is 0.147. The van der Waals surface area contributed by atoms with Gasteiger partial charge in [-0.05, 0) is 25.7 Å². The Morgan fingerprint density at radius 2 is 1.94 bits per heavy atom. The molecule has 1 atom stereocenters. The molecule has 0 aromatic rings. The van der Waals surface area contributed by atoms with Crippen LogP contribution < -0.4 is 5.73 Å². The molecule has 0 spiro atoms. The summed E-state index contributed by atoms with van der Waals surface area (Å²) in [6, 6.07) is 0.911. The second kappa shape index (κ2) is 4.84. The molecule has 0 aromatic carbocycles. The van der Waals surface area contributed by atoms with Crippen LogP contribution in [0, 0.1) is 0 Å². The van der Waals surface area contributed by atoms with Crippen molar-refractivity contribution < 1.29 is 4.74 Å². The lowest BCUT2D eigenvalue weighted by atomic mass is 9.89. The maximum Gasteiger partial charge on any atom is 0.0662 e. The second-order valence-electron chi connectivity index (χ2n) is 5.84. The number of nitrogens with zero attached hydrogens (tertiary/aromatic N) is 2. The summed E-state index contributed by atoms with van der Waals surface area (Å²) in [5.41, 5.74) is 6.19. The summed E-state index contributed by atoms with van der Waals surface area (Å²) < 4.78 is 5.68. The Kier molecular flexibility index (Phi) is 3.39. The van der Waals surface area contributed by atoms with Crippen molar-refractivity contribution in [1.29, 1.82) is 0 Å². The van der Waals surface area contributed by atoms with Crippen molar-refractivity contribution in [3.63, 3.8) is 0 Å². The van der Waals surface area contributed by atoms with Gasteiger partial charge in [-0.2, -0.15) is 0 Å². The van der Waals surface area contributed by atoms with Gasteiger partial charge in [0.15, 0.2) is 0 Å². The Labute approximate surface area is 104 Å². The number of ether oxygens (including phenoxy) is 1. The summed E-state index contributed by atoms with van der Waals surface area (Å²) in [7, 11) is 0. The summed E-state index contributed by atoms with van der Waals surface area (Å²) in [5, 5.41) is 0. The molecule has 3 aliphatic rings. The van der Waals surface area contributed by atoms with Gasteiger partial charge >= 0.3 is 0 Å². The normalized spacial score (nSPS) is 37.2. The molecule has 1 aliphatic carbocycles. The fourth-order valence-corrected chi connectivity index (χ4v) is 3.38. The first kappa shape index (κ1) is 11.9. The lowest BCUT2D eigenvalue weighted by Crippen LogP contribution is -2.63. The van der Waals surface area contributed by atoms with E-state index in [4.69, 9.17) is 10.5 Å². The van der Waals surface area contributed by atoms with E-state index in [0.29, 0.717) is 0 Å². The number of nitrogens with two attached hydrogens (primary N) is 1. The number of hydrogen-bond donors (Lipinski definition) is 1. The second-order valence-corrected chi connectivity index (χ2v) is 5.84. The molecule has 4 heteroatoms. The predicted octanol–water partition coefficient (Wildman–Crippen LogP) is 0.274. The molecule has 2 saturated heterocycles. The van der Waals surface area contributed by atoms with Gasteiger partial charge in [-0.1, -0.05) is 0 Å². The highest BCUT2D eigenvalue weighted by Gasteiger charge is 2.40. The molecule has 0 radical (unpaired) electrons. The molecule has 3 rings (SSSR count). The fourth-order valence-electron chi connectivity index (χ4n) is 3.38. The van der Waals surface area contributed by atoms with Crippen molar-refractivity contribution in [1.82, 2.24) is 9.80 Å². The number of piperazine rings is 1. The van der Waals surface area contributed by atoms with E-state index in [1.807, 2.05) is 0 Å². The Balaban J connectivity index is 1.59. The highest BCUT2D eigenvalue weighted by molar-refractivity contribution is 4.97. The van der Waals surface area contributed by atoms with E-state index in [-0.39, 0.29) is 5.54 Å². The van der Waals surface area contributed by atoms with Crippen molar-refractivity contribution >= 4 is 0 Å². The van der Waals surface area contributed by atoms with Crippen molar-refractivity contribution in [3.8, 4) is 0 Å². The van der Waals surface area contributed by atoms with Gasteiger partial charge in [-0.25, -0.2) is 0 Å². The molecule has 0 aromatic heterocycles. The van der Waals surface area contributed by atoms with Crippen molar-refractivity contribution in [3.05, 3.63) is 0 Å². The minimum absolute atomic E-state index is 0.147. The average molecular weight is 239 g/mol. The maximum atomic E-state index is 6.04. The molecule has 17 heavy (non-hydrogen) atoms. The first-order valence-electron chi connectivity index (χ1n) is 7.11. The van der Waals surface area contributed by atoms with E-state index in [2.05, 4.69) is 9.80 Å². The Hall–Kier alpha value is -0.160. The SMILES string of the molecule is NCC1(N2CCN(C3CC3)CC2)CCCOC1. The van der Waals surface area contributed by atoms with E-state index in [9.17, 15) is 0 Å². The smallest absolute Gasteiger partial charge is 0.0662 e. The predicted molar refractivity (Wildman–Crippen MR) is 68.0 cm³/mol. The van der Waals surface area contributed by atoms with Gasteiger partial charge in [-0.15, -0.1) is 0 Å². The topological polar surface area (TPSA) is 41.7 Å². The monoisotopic (exact) mass is 239 g/mol. The largest absolute Gasteiger partial charge is 0.379 e. The summed E-state index contributed by atoms with van der Waals surface area (Å²) in [6.45, 7) is 7.32. The fraction of sp³-hybridized carbons (Fsp3) is 1.00. The molecule has 1 unspecified atom stereocenters. The van der Waals surface area contributed by atoms with Crippen LogP contribution in [0.5, 0.6) is 0 Å². The maximum absolute atomic E-state index is 6.04. The Bertz CT molecular complexity index is 253. The molecule has 1 saturated carbocycles. The van der Waals surface area contributed by atoms with Gasteiger partial charge in [0.1, 0.15) is 0 Å². The van der Waals surface area contributed by atoms with Crippen molar-refractivity contribution in [2.45, 2.75) is 37.3 Å². The minimum Gasteiger partial charge on any atom is -0.379 e. The number of rotatable bonds is 3. The standard InChI is InChI=1S/C13H25N3O/c14-10-13(4-1-9-17-11-13)16-7-5-15(6-8-16)12-2-3-12/h12H,1-11,14H2. The van der Waals surface area contributed by atoms with E-state index in [1.165, 1.54) is 51.9 Å². The van der Waals surface area contributed by atoms with Gasteiger partial charge < -0.3 is 10.5 Å². The zero-order valence-electron chi connectivity index (χ0n) is 10.7. The molecule has 98 valence electrons. The summed E-state index contributed by atoms with van der Waals surface area (Å²) in [4.78, 5) is 5.26. The van der Waals surface area contributed by atoms with Crippen LogP contribution in [0.15, 0.2) is 0 Å². The molecule has 2 aliphatic heterocycles. The first-order valence-corrected chi connectivity index (χ1v) is 7.11. The third kappa shape index (κ3) is 2.36. The highest BCUT2D eigenvalue weighted by Crippen LogP contribution is 2.31. The molecular weight excluding hydrogens is 214 g/mol. The third-order valence-corrected chi connectivity index (χ3v) is 4.73. The van der Waals surface area contributed by atoms with Gasteiger partial charge in [0.05, 0.1) is 12.1 Å². The third-order valence-electron chi connectivity index (χ3n) is 4.73. The Morgan fingerprint density at radius 1 is 1.18 bits per heavy atom. The first-order chi connectivity index (χ1) is 8.34. The van der Waals surface area contributed by atoms with Crippen LogP contribution in [0.25, 0.3) is 0 Å². The summed E-state index contributed by atoms with van der Waals surface area (Å²) in [5.74, 6) is 0. The molecule has 0 bridgehead atoms. The van der Waals surface area contributed by atoms with E-state index < -0.39 is 0 Å². The zero-order valence-corrected chi connectivity index (χ0v) is 10.7. The van der Waals surface area contributed by atoms with Gasteiger partial charge in [0.25, 0.3) is 0 Å².